The molecule has 0 aliphatic rings. The molecule has 0 saturated carbocycles. The molecule has 2 aromatic carbocycles. The van der Waals surface area contributed by atoms with Crippen LogP contribution in [0.1, 0.15) is 26.3 Å². The fourth-order valence-corrected chi connectivity index (χ4v) is 3.82. The number of carbonyl (C=O) groups is 2. The Bertz CT molecular complexity index is 1060. The van der Waals surface area contributed by atoms with Gasteiger partial charge in [0.05, 0.1) is 22.9 Å². The second-order valence-corrected chi connectivity index (χ2v) is 6.70. The topological polar surface area (TPSA) is 60.7 Å². The van der Waals surface area contributed by atoms with Gasteiger partial charge in [0.25, 0.3) is 5.91 Å². The van der Waals surface area contributed by atoms with Crippen LogP contribution in [0.3, 0.4) is 0 Å². The van der Waals surface area contributed by atoms with E-state index in [4.69, 9.17) is 0 Å². The zero-order valence-corrected chi connectivity index (χ0v) is 15.4. The summed E-state index contributed by atoms with van der Waals surface area (Å²) < 4.78 is 7.72. The minimum absolute atomic E-state index is 0.358. The van der Waals surface area contributed by atoms with E-state index >= 15 is 0 Å². The molecule has 0 aliphatic heterocycles. The first-order valence-corrected chi connectivity index (χ1v) is 8.84. The molecule has 5 nitrogen and oxygen atoms in total. The second kappa shape index (κ2) is 7.49. The Morgan fingerprint density at radius 2 is 1.88 bits per heavy atom. The number of hydrogen-bond donors (Lipinski definition) is 0. The molecule has 0 saturated heterocycles. The maximum Gasteiger partial charge on any atom is 0.337 e. The maximum absolute atomic E-state index is 12.6. The Morgan fingerprint density at radius 1 is 1.19 bits per heavy atom. The Hall–Kier alpha value is -2.99. The molecular formula is C20H18N2O3S. The highest BCUT2D eigenvalue weighted by Crippen LogP contribution is 2.21. The number of methoxy groups -OCH3 is 1. The van der Waals surface area contributed by atoms with Crippen molar-refractivity contribution in [2.24, 2.45) is 4.99 Å². The van der Waals surface area contributed by atoms with Gasteiger partial charge in [-0.05, 0) is 42.8 Å². The Morgan fingerprint density at radius 3 is 2.54 bits per heavy atom. The standard InChI is InChI=1S/C20H18N2O3S/c1-4-12-22-17-13(2)6-5-7-16(17)26-20(22)21-18(23)14-8-10-15(11-9-14)19(24)25-3/h4-11H,1,12H2,2-3H3. The minimum atomic E-state index is -0.440. The lowest BCUT2D eigenvalue weighted by Crippen LogP contribution is -2.16. The van der Waals surface area contributed by atoms with Crippen LogP contribution in [-0.4, -0.2) is 23.6 Å². The number of esters is 1. The molecule has 3 aromatic rings. The Balaban J connectivity index is 2.05. The van der Waals surface area contributed by atoms with Crippen LogP contribution in [0.4, 0.5) is 0 Å². The van der Waals surface area contributed by atoms with Gasteiger partial charge in [-0.25, -0.2) is 4.79 Å². The molecule has 0 N–H and O–H groups in total. The molecule has 0 spiro atoms. The van der Waals surface area contributed by atoms with E-state index in [9.17, 15) is 9.59 Å². The lowest BCUT2D eigenvalue weighted by Gasteiger charge is -2.03. The van der Waals surface area contributed by atoms with Gasteiger partial charge in [-0.3, -0.25) is 4.79 Å². The minimum Gasteiger partial charge on any atom is -0.465 e. The first-order chi connectivity index (χ1) is 12.5. The van der Waals surface area contributed by atoms with Gasteiger partial charge < -0.3 is 9.30 Å². The number of aryl methyl sites for hydroxylation is 1. The van der Waals surface area contributed by atoms with Crippen molar-refractivity contribution in [1.29, 1.82) is 0 Å². The molecule has 6 heteroatoms. The highest BCUT2D eigenvalue weighted by molar-refractivity contribution is 7.16. The van der Waals surface area contributed by atoms with Gasteiger partial charge in [0.15, 0.2) is 4.80 Å². The summed E-state index contributed by atoms with van der Waals surface area (Å²) in [5.41, 5.74) is 2.99. The van der Waals surface area contributed by atoms with Crippen molar-refractivity contribution in [1.82, 2.24) is 4.57 Å². The third-order valence-electron chi connectivity index (χ3n) is 3.96. The normalized spacial score (nSPS) is 11.5. The number of rotatable bonds is 4. The molecule has 0 unspecified atom stereocenters. The van der Waals surface area contributed by atoms with Gasteiger partial charge in [0, 0.05) is 12.1 Å². The van der Waals surface area contributed by atoms with Crippen molar-refractivity contribution >= 4 is 33.4 Å². The zero-order chi connectivity index (χ0) is 18.7. The molecule has 0 radical (unpaired) electrons. The number of carbonyl (C=O) groups excluding carboxylic acids is 2. The molecule has 1 aromatic heterocycles. The second-order valence-electron chi connectivity index (χ2n) is 5.69. The van der Waals surface area contributed by atoms with E-state index in [2.05, 4.69) is 16.3 Å². The van der Waals surface area contributed by atoms with Gasteiger partial charge in [-0.2, -0.15) is 4.99 Å². The summed E-state index contributed by atoms with van der Waals surface area (Å²) in [4.78, 5) is 29.0. The third-order valence-corrected chi connectivity index (χ3v) is 5.01. The number of nitrogens with zero attached hydrogens (tertiary/aromatic N) is 2. The van der Waals surface area contributed by atoms with E-state index in [1.807, 2.05) is 29.7 Å². The van der Waals surface area contributed by atoms with Gasteiger partial charge in [-0.1, -0.05) is 29.5 Å². The number of allylic oxidation sites excluding steroid dienone is 1. The number of hydrogen-bond acceptors (Lipinski definition) is 4. The van der Waals surface area contributed by atoms with Gasteiger partial charge in [0.2, 0.25) is 0 Å². The maximum atomic E-state index is 12.6. The lowest BCUT2D eigenvalue weighted by molar-refractivity contribution is 0.0600. The predicted octanol–water partition coefficient (Wildman–Crippen LogP) is 3.72. The molecule has 0 fully saturated rings. The summed E-state index contributed by atoms with van der Waals surface area (Å²) in [6.07, 6.45) is 1.78. The van der Waals surface area contributed by atoms with E-state index in [0.717, 1.165) is 15.8 Å². The highest BCUT2D eigenvalue weighted by Gasteiger charge is 2.11. The molecule has 26 heavy (non-hydrogen) atoms. The van der Waals surface area contributed by atoms with Crippen molar-refractivity contribution in [3.63, 3.8) is 0 Å². The molecule has 1 heterocycles. The number of thiazole rings is 1. The van der Waals surface area contributed by atoms with Crippen molar-refractivity contribution in [3.05, 3.63) is 76.6 Å². The van der Waals surface area contributed by atoms with Gasteiger partial charge in [0.1, 0.15) is 0 Å². The summed E-state index contributed by atoms with van der Waals surface area (Å²) in [5.74, 6) is -0.798. The highest BCUT2D eigenvalue weighted by atomic mass is 32.1. The van der Waals surface area contributed by atoms with Gasteiger partial charge >= 0.3 is 5.97 Å². The largest absolute Gasteiger partial charge is 0.465 e. The molecule has 132 valence electrons. The van der Waals surface area contributed by atoms with Crippen molar-refractivity contribution in [2.45, 2.75) is 13.5 Å². The summed E-state index contributed by atoms with van der Waals surface area (Å²) in [5, 5.41) is 0. The predicted molar refractivity (Wildman–Crippen MR) is 102 cm³/mol. The van der Waals surface area contributed by atoms with Crippen LogP contribution in [0.15, 0.2) is 60.1 Å². The summed E-state index contributed by atoms with van der Waals surface area (Å²) >= 11 is 1.47. The van der Waals surface area contributed by atoms with Crippen LogP contribution in [0.25, 0.3) is 10.2 Å². The molecule has 0 bridgehead atoms. The van der Waals surface area contributed by atoms with E-state index in [-0.39, 0.29) is 5.91 Å². The Kier molecular flexibility index (Phi) is 5.14. The van der Waals surface area contributed by atoms with E-state index in [1.54, 1.807) is 30.3 Å². The molecule has 1 amide bonds. The van der Waals surface area contributed by atoms with Crippen LogP contribution in [-0.2, 0) is 11.3 Å². The first-order valence-electron chi connectivity index (χ1n) is 8.02. The fourth-order valence-electron chi connectivity index (χ4n) is 2.71. The number of aromatic nitrogens is 1. The number of fused-ring (bicyclic) bond motifs is 1. The molecule has 0 aliphatic carbocycles. The van der Waals surface area contributed by atoms with Crippen LogP contribution >= 0.6 is 11.3 Å². The van der Waals surface area contributed by atoms with Crippen LogP contribution in [0.5, 0.6) is 0 Å². The summed E-state index contributed by atoms with van der Waals surface area (Å²) in [6.45, 7) is 6.40. The zero-order valence-electron chi connectivity index (χ0n) is 14.6. The van der Waals surface area contributed by atoms with E-state index < -0.39 is 5.97 Å². The molecule has 0 atom stereocenters. The average Bonchev–Trinajstić information content (AvgIpc) is 3.00. The third kappa shape index (κ3) is 3.36. The van der Waals surface area contributed by atoms with E-state index in [1.165, 1.54) is 18.4 Å². The van der Waals surface area contributed by atoms with Crippen LogP contribution in [0, 0.1) is 6.92 Å². The van der Waals surface area contributed by atoms with Gasteiger partial charge in [-0.15, -0.1) is 6.58 Å². The molecule has 3 rings (SSSR count). The lowest BCUT2D eigenvalue weighted by atomic mass is 10.1. The van der Waals surface area contributed by atoms with Crippen molar-refractivity contribution in [2.75, 3.05) is 7.11 Å². The van der Waals surface area contributed by atoms with Crippen molar-refractivity contribution in [3.8, 4) is 0 Å². The average molecular weight is 366 g/mol. The monoisotopic (exact) mass is 366 g/mol. The van der Waals surface area contributed by atoms with Crippen LogP contribution in [0.2, 0.25) is 0 Å². The fraction of sp³-hybridized carbons (Fsp3) is 0.150. The number of para-hydroxylation sites is 1. The molecular weight excluding hydrogens is 348 g/mol. The quantitative estimate of drug-likeness (QED) is 0.522. The number of amides is 1. The van der Waals surface area contributed by atoms with Crippen LogP contribution < -0.4 is 4.80 Å². The van der Waals surface area contributed by atoms with E-state index in [0.29, 0.717) is 22.5 Å². The number of benzene rings is 2. The SMILES string of the molecule is C=CCn1c(=NC(=O)c2ccc(C(=O)OC)cc2)sc2cccc(C)c21. The summed E-state index contributed by atoms with van der Waals surface area (Å²) in [6, 6.07) is 12.3. The van der Waals surface area contributed by atoms with Crippen molar-refractivity contribution < 1.29 is 14.3 Å². The Labute approximate surface area is 154 Å². The smallest absolute Gasteiger partial charge is 0.337 e. The number of ether oxygens (including phenoxy) is 1. The summed E-state index contributed by atoms with van der Waals surface area (Å²) in [7, 11) is 1.32. The first kappa shape index (κ1) is 17.8.